The first-order chi connectivity index (χ1) is 12.5. The van der Waals surface area contributed by atoms with Crippen molar-refractivity contribution in [2.75, 3.05) is 6.61 Å². The van der Waals surface area contributed by atoms with Gasteiger partial charge in [-0.25, -0.2) is 9.59 Å². The molecule has 2 rings (SSSR count). The van der Waals surface area contributed by atoms with E-state index in [1.165, 1.54) is 21.4 Å². The summed E-state index contributed by atoms with van der Waals surface area (Å²) < 4.78 is 7.75. The van der Waals surface area contributed by atoms with Crippen LogP contribution in [0.4, 0.5) is 0 Å². The molecule has 0 spiro atoms. The van der Waals surface area contributed by atoms with Crippen LogP contribution in [0.3, 0.4) is 0 Å². The Morgan fingerprint density at radius 2 is 1.73 bits per heavy atom. The largest absolute Gasteiger partial charge is 0.462 e. The van der Waals surface area contributed by atoms with Crippen molar-refractivity contribution in [3.05, 3.63) is 75.6 Å². The van der Waals surface area contributed by atoms with Gasteiger partial charge < -0.3 is 4.74 Å². The number of unbranched alkanes of at least 4 members (excludes halogenated alkanes) is 3. The Hall–Kier alpha value is -2.89. The van der Waals surface area contributed by atoms with Crippen molar-refractivity contribution in [3.8, 4) is 5.69 Å². The molecule has 26 heavy (non-hydrogen) atoms. The van der Waals surface area contributed by atoms with E-state index in [0.717, 1.165) is 24.9 Å². The lowest BCUT2D eigenvalue weighted by Gasteiger charge is -2.10. The summed E-state index contributed by atoms with van der Waals surface area (Å²) in [6.45, 7) is 5.87. The molecule has 0 radical (unpaired) electrons. The van der Waals surface area contributed by atoms with Crippen LogP contribution in [0.2, 0.25) is 0 Å². The number of hydrogen-bond acceptors (Lipinski definition) is 4. The summed E-state index contributed by atoms with van der Waals surface area (Å²) in [6, 6.07) is 10.6. The Morgan fingerprint density at radius 1 is 1.04 bits per heavy atom. The topological polar surface area (TPSA) is 70.3 Å². The van der Waals surface area contributed by atoms with Crippen molar-refractivity contribution in [1.29, 1.82) is 0 Å². The zero-order chi connectivity index (χ0) is 18.9. The van der Waals surface area contributed by atoms with Crippen molar-refractivity contribution in [2.45, 2.75) is 39.2 Å². The van der Waals surface area contributed by atoms with Crippen LogP contribution in [0.1, 0.15) is 32.6 Å². The number of nitrogens with zero attached hydrogens (tertiary/aromatic N) is 2. The molecule has 1 aromatic heterocycles. The van der Waals surface area contributed by atoms with E-state index in [4.69, 9.17) is 4.74 Å². The predicted molar refractivity (Wildman–Crippen MR) is 101 cm³/mol. The molecule has 1 aromatic carbocycles. The number of esters is 1. The van der Waals surface area contributed by atoms with Gasteiger partial charge in [-0.05, 0) is 38.3 Å². The number of ether oxygens (including phenoxy) is 1. The van der Waals surface area contributed by atoms with E-state index in [1.54, 1.807) is 6.92 Å². The second-order valence-corrected chi connectivity index (χ2v) is 6.12. The number of benzene rings is 1. The van der Waals surface area contributed by atoms with E-state index < -0.39 is 0 Å². The molecule has 2 aromatic rings. The normalized spacial score (nSPS) is 10.5. The van der Waals surface area contributed by atoms with Crippen LogP contribution in [0.15, 0.2) is 64.3 Å². The average molecular weight is 356 g/mol. The lowest BCUT2D eigenvalue weighted by atomic mass is 10.2. The van der Waals surface area contributed by atoms with Crippen molar-refractivity contribution >= 4 is 5.97 Å². The lowest BCUT2D eigenvalue weighted by Crippen LogP contribution is -2.38. The van der Waals surface area contributed by atoms with Gasteiger partial charge in [0.05, 0.1) is 12.3 Å². The molecule has 0 aliphatic rings. The molecule has 0 aliphatic carbocycles. The van der Waals surface area contributed by atoms with Crippen LogP contribution in [-0.2, 0) is 16.1 Å². The summed E-state index contributed by atoms with van der Waals surface area (Å²) in [5, 5.41) is 0. The van der Waals surface area contributed by atoms with Gasteiger partial charge in [-0.15, -0.1) is 0 Å². The summed E-state index contributed by atoms with van der Waals surface area (Å²) in [6.07, 6.45) is 4.67. The minimum absolute atomic E-state index is 0.294. The number of aromatic nitrogens is 2. The minimum Gasteiger partial charge on any atom is -0.462 e. The van der Waals surface area contributed by atoms with Gasteiger partial charge in [0.15, 0.2) is 0 Å². The molecule has 0 N–H and O–H groups in total. The zero-order valence-corrected chi connectivity index (χ0v) is 15.0. The molecule has 0 saturated heterocycles. The highest BCUT2D eigenvalue weighted by atomic mass is 16.5. The molecular weight excluding hydrogens is 332 g/mol. The quantitative estimate of drug-likeness (QED) is 0.393. The van der Waals surface area contributed by atoms with Crippen LogP contribution in [0, 0.1) is 0 Å². The van der Waals surface area contributed by atoms with E-state index in [-0.39, 0.29) is 17.2 Å². The molecule has 0 bridgehead atoms. The Kier molecular flexibility index (Phi) is 7.14. The highest BCUT2D eigenvalue weighted by molar-refractivity contribution is 5.86. The zero-order valence-electron chi connectivity index (χ0n) is 15.0. The molecule has 138 valence electrons. The Balaban J connectivity index is 1.86. The van der Waals surface area contributed by atoms with E-state index in [9.17, 15) is 14.4 Å². The molecular formula is C20H24N2O4. The highest BCUT2D eigenvalue weighted by Gasteiger charge is 2.06. The molecule has 6 nitrogen and oxygen atoms in total. The molecule has 0 unspecified atom stereocenters. The van der Waals surface area contributed by atoms with Gasteiger partial charge >= 0.3 is 11.7 Å². The predicted octanol–water partition coefficient (Wildman–Crippen LogP) is 2.68. The van der Waals surface area contributed by atoms with E-state index in [2.05, 4.69) is 6.58 Å². The van der Waals surface area contributed by atoms with Gasteiger partial charge in [-0.3, -0.25) is 13.9 Å². The number of carbonyl (C=O) groups is 1. The first-order valence-electron chi connectivity index (χ1n) is 8.71. The first-order valence-corrected chi connectivity index (χ1v) is 8.71. The molecule has 0 saturated carbocycles. The van der Waals surface area contributed by atoms with Crippen LogP contribution in [0.5, 0.6) is 0 Å². The van der Waals surface area contributed by atoms with E-state index in [0.29, 0.717) is 25.1 Å². The molecule has 0 fully saturated rings. The van der Waals surface area contributed by atoms with Gasteiger partial charge in [0.2, 0.25) is 0 Å². The van der Waals surface area contributed by atoms with Crippen LogP contribution in [-0.4, -0.2) is 21.7 Å². The monoisotopic (exact) mass is 356 g/mol. The Bertz CT molecular complexity index is 865. The van der Waals surface area contributed by atoms with Crippen molar-refractivity contribution in [1.82, 2.24) is 9.13 Å². The summed E-state index contributed by atoms with van der Waals surface area (Å²) in [4.78, 5) is 35.8. The van der Waals surface area contributed by atoms with E-state index >= 15 is 0 Å². The van der Waals surface area contributed by atoms with Crippen molar-refractivity contribution < 1.29 is 9.53 Å². The molecule has 0 aliphatic heterocycles. The number of para-hydroxylation sites is 1. The smallest absolute Gasteiger partial charge is 0.335 e. The second-order valence-electron chi connectivity index (χ2n) is 6.12. The summed E-state index contributed by atoms with van der Waals surface area (Å²) in [5.41, 5.74) is 0.491. The molecule has 6 heteroatoms. The standard InChI is InChI=1S/C20H24N2O4/c1-16(2)19(24)26-15-9-4-3-8-13-22-18(23)12-14-21(20(22)25)17-10-6-5-7-11-17/h5-7,10-12,14H,1,3-4,8-9,13,15H2,2H3. The van der Waals surface area contributed by atoms with Gasteiger partial charge in [0, 0.05) is 24.4 Å². The number of carbonyl (C=O) groups excluding carboxylic acids is 1. The van der Waals surface area contributed by atoms with Gasteiger partial charge in [0.1, 0.15) is 0 Å². The lowest BCUT2D eigenvalue weighted by molar-refractivity contribution is -0.139. The maximum absolute atomic E-state index is 12.6. The molecule has 1 heterocycles. The Morgan fingerprint density at radius 3 is 2.42 bits per heavy atom. The fourth-order valence-corrected chi connectivity index (χ4v) is 2.52. The minimum atomic E-state index is -0.373. The third kappa shape index (κ3) is 5.31. The van der Waals surface area contributed by atoms with Crippen LogP contribution in [0.25, 0.3) is 5.69 Å². The van der Waals surface area contributed by atoms with Gasteiger partial charge in [-0.2, -0.15) is 0 Å². The number of hydrogen-bond donors (Lipinski definition) is 0. The average Bonchev–Trinajstić information content (AvgIpc) is 2.63. The fourth-order valence-electron chi connectivity index (χ4n) is 2.52. The SMILES string of the molecule is C=C(C)C(=O)OCCCCCCn1c(=O)ccn(-c2ccccc2)c1=O. The van der Waals surface area contributed by atoms with Crippen molar-refractivity contribution in [3.63, 3.8) is 0 Å². The summed E-state index contributed by atoms with van der Waals surface area (Å²) in [5.74, 6) is -0.373. The van der Waals surface area contributed by atoms with Gasteiger partial charge in [-0.1, -0.05) is 31.2 Å². The molecule has 0 atom stereocenters. The first kappa shape index (κ1) is 19.4. The third-order valence-electron chi connectivity index (χ3n) is 3.96. The maximum atomic E-state index is 12.6. The maximum Gasteiger partial charge on any atom is 0.335 e. The number of rotatable bonds is 9. The molecule has 0 amide bonds. The third-order valence-corrected chi connectivity index (χ3v) is 3.96. The highest BCUT2D eigenvalue weighted by Crippen LogP contribution is 2.04. The second kappa shape index (κ2) is 9.56. The van der Waals surface area contributed by atoms with Crippen LogP contribution < -0.4 is 11.2 Å². The Labute approximate surface area is 152 Å². The van der Waals surface area contributed by atoms with Gasteiger partial charge in [0.25, 0.3) is 5.56 Å². The fraction of sp³-hybridized carbons (Fsp3) is 0.350. The van der Waals surface area contributed by atoms with Crippen LogP contribution >= 0.6 is 0 Å². The summed E-state index contributed by atoms with van der Waals surface area (Å²) >= 11 is 0. The summed E-state index contributed by atoms with van der Waals surface area (Å²) in [7, 11) is 0. The van der Waals surface area contributed by atoms with Crippen molar-refractivity contribution in [2.24, 2.45) is 0 Å². The van der Waals surface area contributed by atoms with E-state index in [1.807, 2.05) is 30.3 Å².